The first-order chi connectivity index (χ1) is 8.90. The van der Waals surface area contributed by atoms with Crippen molar-refractivity contribution in [2.24, 2.45) is 0 Å². The summed E-state index contributed by atoms with van der Waals surface area (Å²) in [4.78, 5) is -0.141. The van der Waals surface area contributed by atoms with Crippen LogP contribution in [0.1, 0.15) is 6.42 Å². The first kappa shape index (κ1) is 14.7. The van der Waals surface area contributed by atoms with Crippen LogP contribution in [-0.4, -0.2) is 38.9 Å². The number of hydrogen-bond acceptors (Lipinski definition) is 4. The van der Waals surface area contributed by atoms with E-state index in [2.05, 4.69) is 4.72 Å². The molecular formula is C11H13ClFNO4S. The molecule has 5 nitrogen and oxygen atoms in total. The number of hydrogen-bond donors (Lipinski definition) is 2. The summed E-state index contributed by atoms with van der Waals surface area (Å²) in [5.74, 6) is -0.688. The number of nitrogens with one attached hydrogen (secondary N) is 1. The van der Waals surface area contributed by atoms with Crippen LogP contribution in [0.2, 0.25) is 5.02 Å². The highest BCUT2D eigenvalue weighted by Gasteiger charge is 2.28. The van der Waals surface area contributed by atoms with Crippen molar-refractivity contribution in [1.29, 1.82) is 0 Å². The molecule has 1 aliphatic rings. The summed E-state index contributed by atoms with van der Waals surface area (Å²) in [7, 11) is -3.85. The summed E-state index contributed by atoms with van der Waals surface area (Å²) in [5, 5.41) is 9.37. The monoisotopic (exact) mass is 309 g/mol. The molecule has 0 radical (unpaired) electrons. The Morgan fingerprint density at radius 3 is 2.84 bits per heavy atom. The molecule has 1 fully saturated rings. The zero-order valence-electron chi connectivity index (χ0n) is 9.84. The van der Waals surface area contributed by atoms with Crippen molar-refractivity contribution < 1.29 is 22.7 Å². The lowest BCUT2D eigenvalue weighted by atomic mass is 10.1. The standard InChI is InChI=1S/C11H13ClFNO4S/c12-8-5-7(1-2-9(8)13)19(16,17)14-10-3-4-18-6-11(10)15/h1-2,5,10-11,14-15H,3-4,6H2/t10-,11-/m1/s1. The third kappa shape index (κ3) is 3.43. The van der Waals surface area contributed by atoms with Crippen LogP contribution in [0.4, 0.5) is 4.39 Å². The Morgan fingerprint density at radius 2 is 2.21 bits per heavy atom. The lowest BCUT2D eigenvalue weighted by molar-refractivity contribution is -0.0222. The second-order valence-corrected chi connectivity index (χ2v) is 6.36. The van der Waals surface area contributed by atoms with Gasteiger partial charge in [0.15, 0.2) is 0 Å². The minimum absolute atomic E-state index is 0.0807. The molecule has 8 heteroatoms. The molecular weight excluding hydrogens is 297 g/mol. The van der Waals surface area contributed by atoms with Gasteiger partial charge in [-0.1, -0.05) is 11.6 Å². The van der Waals surface area contributed by atoms with Gasteiger partial charge >= 0.3 is 0 Å². The molecule has 1 aromatic carbocycles. The van der Waals surface area contributed by atoms with Crippen molar-refractivity contribution >= 4 is 21.6 Å². The average molecular weight is 310 g/mol. The summed E-state index contributed by atoms with van der Waals surface area (Å²) < 4.78 is 44.5. The lowest BCUT2D eigenvalue weighted by Crippen LogP contribution is -2.48. The van der Waals surface area contributed by atoms with Gasteiger partial charge < -0.3 is 9.84 Å². The molecule has 1 aliphatic heterocycles. The van der Waals surface area contributed by atoms with Gasteiger partial charge in [-0.25, -0.2) is 17.5 Å². The van der Waals surface area contributed by atoms with Crippen LogP contribution in [0, 0.1) is 5.82 Å². The Bertz CT molecular complexity index is 566. The quantitative estimate of drug-likeness (QED) is 0.870. The molecule has 0 unspecified atom stereocenters. The van der Waals surface area contributed by atoms with Gasteiger partial charge in [0.1, 0.15) is 5.82 Å². The summed E-state index contributed by atoms with van der Waals surface area (Å²) in [5.41, 5.74) is 0. The number of aliphatic hydroxyl groups is 1. The minimum atomic E-state index is -3.85. The topological polar surface area (TPSA) is 75.6 Å². The highest BCUT2D eigenvalue weighted by Crippen LogP contribution is 2.20. The van der Waals surface area contributed by atoms with Crippen LogP contribution < -0.4 is 4.72 Å². The molecule has 1 aromatic rings. The zero-order chi connectivity index (χ0) is 14.0. The molecule has 2 atom stereocenters. The van der Waals surface area contributed by atoms with Crippen LogP contribution in [0.25, 0.3) is 0 Å². The van der Waals surface area contributed by atoms with Crippen molar-refractivity contribution in [2.45, 2.75) is 23.5 Å². The number of aliphatic hydroxyl groups excluding tert-OH is 1. The van der Waals surface area contributed by atoms with E-state index in [1.807, 2.05) is 0 Å². The van der Waals surface area contributed by atoms with Gasteiger partial charge in [0, 0.05) is 6.61 Å². The van der Waals surface area contributed by atoms with E-state index in [1.54, 1.807) is 0 Å². The molecule has 1 saturated heterocycles. The van der Waals surface area contributed by atoms with Gasteiger partial charge in [0.05, 0.1) is 28.7 Å². The predicted octanol–water partition coefficient (Wildman–Crippen LogP) is 0.907. The van der Waals surface area contributed by atoms with Gasteiger partial charge in [-0.15, -0.1) is 0 Å². The van der Waals surface area contributed by atoms with Gasteiger partial charge in [-0.3, -0.25) is 0 Å². The summed E-state index contributed by atoms with van der Waals surface area (Å²) in [6.07, 6.45) is -0.533. The maximum atomic E-state index is 13.0. The fraction of sp³-hybridized carbons (Fsp3) is 0.455. The third-order valence-corrected chi connectivity index (χ3v) is 4.61. The molecule has 0 saturated carbocycles. The van der Waals surface area contributed by atoms with Gasteiger partial charge in [-0.05, 0) is 24.6 Å². The van der Waals surface area contributed by atoms with Crippen molar-refractivity contribution in [1.82, 2.24) is 4.72 Å². The fourth-order valence-electron chi connectivity index (χ4n) is 1.77. The second kappa shape index (κ2) is 5.72. The first-order valence-corrected chi connectivity index (χ1v) is 7.49. The maximum absolute atomic E-state index is 13.0. The van der Waals surface area contributed by atoms with Crippen molar-refractivity contribution in [3.05, 3.63) is 29.0 Å². The smallest absolute Gasteiger partial charge is 0.240 e. The van der Waals surface area contributed by atoms with Crippen LogP contribution in [0.5, 0.6) is 0 Å². The Morgan fingerprint density at radius 1 is 1.47 bits per heavy atom. The molecule has 0 aliphatic carbocycles. The second-order valence-electron chi connectivity index (χ2n) is 4.23. The van der Waals surface area contributed by atoms with E-state index < -0.39 is 28.0 Å². The third-order valence-electron chi connectivity index (χ3n) is 2.83. The molecule has 0 amide bonds. The van der Waals surface area contributed by atoms with E-state index in [4.69, 9.17) is 16.3 Å². The molecule has 19 heavy (non-hydrogen) atoms. The number of rotatable bonds is 3. The minimum Gasteiger partial charge on any atom is -0.389 e. The fourth-order valence-corrected chi connectivity index (χ4v) is 3.35. The average Bonchev–Trinajstić information content (AvgIpc) is 2.35. The van der Waals surface area contributed by atoms with Gasteiger partial charge in [0.25, 0.3) is 0 Å². The van der Waals surface area contributed by atoms with E-state index in [1.165, 1.54) is 0 Å². The number of halogens is 2. The maximum Gasteiger partial charge on any atom is 0.240 e. The van der Waals surface area contributed by atoms with E-state index in [0.29, 0.717) is 13.0 Å². The highest BCUT2D eigenvalue weighted by molar-refractivity contribution is 7.89. The Hall–Kier alpha value is -0.730. The summed E-state index contributed by atoms with van der Waals surface area (Å²) in [6.45, 7) is 0.450. The van der Waals surface area contributed by atoms with Crippen LogP contribution in [0.15, 0.2) is 23.1 Å². The van der Waals surface area contributed by atoms with Crippen LogP contribution in [0.3, 0.4) is 0 Å². The normalized spacial score (nSPS) is 24.4. The first-order valence-electron chi connectivity index (χ1n) is 5.63. The molecule has 2 N–H and O–H groups in total. The molecule has 106 valence electrons. The van der Waals surface area contributed by atoms with Crippen molar-refractivity contribution in [3.8, 4) is 0 Å². The largest absolute Gasteiger partial charge is 0.389 e. The summed E-state index contributed by atoms with van der Waals surface area (Å²) >= 11 is 5.55. The molecule has 2 rings (SSSR count). The zero-order valence-corrected chi connectivity index (χ0v) is 11.4. The van der Waals surface area contributed by atoms with Crippen molar-refractivity contribution in [3.63, 3.8) is 0 Å². The molecule has 0 aromatic heterocycles. The van der Waals surface area contributed by atoms with E-state index in [9.17, 15) is 17.9 Å². The van der Waals surface area contributed by atoms with Gasteiger partial charge in [-0.2, -0.15) is 0 Å². The summed E-state index contributed by atoms with van der Waals surface area (Å²) in [6, 6.07) is 2.51. The van der Waals surface area contributed by atoms with E-state index in [0.717, 1.165) is 18.2 Å². The van der Waals surface area contributed by atoms with Crippen LogP contribution >= 0.6 is 11.6 Å². The Kier molecular flexibility index (Phi) is 4.42. The number of ether oxygens (including phenoxy) is 1. The Balaban J connectivity index is 2.19. The molecule has 1 heterocycles. The van der Waals surface area contributed by atoms with E-state index in [-0.39, 0.29) is 16.5 Å². The van der Waals surface area contributed by atoms with Crippen molar-refractivity contribution in [2.75, 3.05) is 13.2 Å². The number of sulfonamides is 1. The predicted molar refractivity (Wildman–Crippen MR) is 67.0 cm³/mol. The van der Waals surface area contributed by atoms with Gasteiger partial charge in [0.2, 0.25) is 10.0 Å². The molecule has 0 bridgehead atoms. The molecule has 0 spiro atoms. The SMILES string of the molecule is O=S(=O)(N[C@@H]1CCOC[C@H]1O)c1ccc(F)c(Cl)c1. The van der Waals surface area contributed by atoms with E-state index >= 15 is 0 Å². The highest BCUT2D eigenvalue weighted by atomic mass is 35.5. The van der Waals surface area contributed by atoms with Crippen LogP contribution in [-0.2, 0) is 14.8 Å². The number of benzene rings is 1. The lowest BCUT2D eigenvalue weighted by Gasteiger charge is -2.28. The Labute approximate surface area is 115 Å².